The Morgan fingerprint density at radius 1 is 0.889 bits per heavy atom. The van der Waals surface area contributed by atoms with E-state index in [-0.39, 0.29) is 0 Å². The summed E-state index contributed by atoms with van der Waals surface area (Å²) in [5.74, 6) is 1.45. The number of hydrogen-bond acceptors (Lipinski definition) is 7. The second-order valence-corrected chi connectivity index (χ2v) is 7.55. The normalized spacial score (nSPS) is 10.8. The number of hydrogen-bond donors (Lipinski definition) is 1. The highest BCUT2D eigenvalue weighted by Gasteiger charge is 2.17. The van der Waals surface area contributed by atoms with Gasteiger partial charge in [-0.2, -0.15) is 10.2 Å². The van der Waals surface area contributed by atoms with E-state index in [4.69, 9.17) is 24.0 Å². The summed E-state index contributed by atoms with van der Waals surface area (Å²) in [4.78, 5) is 12.8. The van der Waals surface area contributed by atoms with Gasteiger partial charge in [0.2, 0.25) is 5.75 Å². The molecule has 0 spiro atoms. The number of amides is 1. The van der Waals surface area contributed by atoms with Crippen LogP contribution in [-0.4, -0.2) is 50.3 Å². The SMILES string of the molecule is COc1ccc(-c2nn(-c3ccccc3)cc2C=NNC(=O)c2cc(OC)c(OC)c(OC)c2)cc1. The van der Waals surface area contributed by atoms with Crippen LogP contribution in [-0.2, 0) is 0 Å². The quantitative estimate of drug-likeness (QED) is 0.279. The third-order valence-electron chi connectivity index (χ3n) is 5.42. The summed E-state index contributed by atoms with van der Waals surface area (Å²) in [5, 5.41) is 8.93. The second kappa shape index (κ2) is 11.1. The van der Waals surface area contributed by atoms with E-state index < -0.39 is 5.91 Å². The Kier molecular flexibility index (Phi) is 7.50. The summed E-state index contributed by atoms with van der Waals surface area (Å²) in [6.07, 6.45) is 3.41. The Hall–Kier alpha value is -4.79. The van der Waals surface area contributed by atoms with E-state index in [0.29, 0.717) is 34.1 Å². The van der Waals surface area contributed by atoms with E-state index in [1.807, 2.05) is 60.8 Å². The van der Waals surface area contributed by atoms with Crippen molar-refractivity contribution in [2.24, 2.45) is 5.10 Å². The van der Waals surface area contributed by atoms with Crippen LogP contribution in [0.3, 0.4) is 0 Å². The molecule has 0 radical (unpaired) electrons. The monoisotopic (exact) mass is 486 g/mol. The Bertz CT molecular complexity index is 1340. The van der Waals surface area contributed by atoms with Crippen molar-refractivity contribution in [3.63, 3.8) is 0 Å². The van der Waals surface area contributed by atoms with Gasteiger partial charge in [0.05, 0.1) is 40.3 Å². The van der Waals surface area contributed by atoms with Crippen molar-refractivity contribution in [2.45, 2.75) is 0 Å². The number of nitrogens with one attached hydrogen (secondary N) is 1. The molecule has 0 unspecified atom stereocenters. The van der Waals surface area contributed by atoms with Crippen molar-refractivity contribution >= 4 is 12.1 Å². The zero-order valence-corrected chi connectivity index (χ0v) is 20.4. The Balaban J connectivity index is 1.63. The number of para-hydroxylation sites is 1. The molecule has 184 valence electrons. The maximum atomic E-state index is 12.8. The standard InChI is InChI=1S/C27H26N4O5/c1-33-22-12-10-18(11-13-22)25-20(17-31(30-25)21-8-6-5-7-9-21)16-28-29-27(32)19-14-23(34-2)26(36-4)24(15-19)35-3/h5-17H,1-4H3,(H,29,32). The van der Waals surface area contributed by atoms with Gasteiger partial charge in [-0.1, -0.05) is 18.2 Å². The van der Waals surface area contributed by atoms with Crippen LogP contribution < -0.4 is 24.4 Å². The molecule has 1 aromatic heterocycles. The number of ether oxygens (including phenoxy) is 4. The number of rotatable bonds is 9. The molecule has 0 atom stereocenters. The van der Waals surface area contributed by atoms with Gasteiger partial charge in [0.1, 0.15) is 11.4 Å². The molecule has 0 aliphatic rings. The van der Waals surface area contributed by atoms with E-state index in [1.54, 1.807) is 30.1 Å². The van der Waals surface area contributed by atoms with Crippen LogP contribution >= 0.6 is 0 Å². The van der Waals surface area contributed by atoms with Crippen LogP contribution in [0.5, 0.6) is 23.0 Å². The van der Waals surface area contributed by atoms with Gasteiger partial charge >= 0.3 is 0 Å². The fraction of sp³-hybridized carbons (Fsp3) is 0.148. The predicted octanol–water partition coefficient (Wildman–Crippen LogP) is 4.34. The van der Waals surface area contributed by atoms with Gasteiger partial charge in [-0.15, -0.1) is 0 Å². The molecule has 0 bridgehead atoms. The van der Waals surface area contributed by atoms with Gasteiger partial charge in [0, 0.05) is 22.9 Å². The van der Waals surface area contributed by atoms with Crippen LogP contribution in [0.2, 0.25) is 0 Å². The van der Waals surface area contributed by atoms with E-state index in [2.05, 4.69) is 10.5 Å². The predicted molar refractivity (Wildman–Crippen MR) is 137 cm³/mol. The molecule has 3 aromatic carbocycles. The first kappa shape index (κ1) is 24.3. The van der Waals surface area contributed by atoms with Gasteiger partial charge in [-0.05, 0) is 48.5 Å². The number of nitrogens with zero attached hydrogens (tertiary/aromatic N) is 3. The van der Waals surface area contributed by atoms with Gasteiger partial charge in [0.15, 0.2) is 11.5 Å². The van der Waals surface area contributed by atoms with Crippen LogP contribution in [0.4, 0.5) is 0 Å². The summed E-state index contributed by atoms with van der Waals surface area (Å²) in [7, 11) is 6.10. The average Bonchev–Trinajstić information content (AvgIpc) is 3.36. The molecule has 0 saturated carbocycles. The molecular weight excluding hydrogens is 460 g/mol. The molecule has 1 heterocycles. The molecule has 0 saturated heterocycles. The number of methoxy groups -OCH3 is 4. The van der Waals surface area contributed by atoms with Crippen LogP contribution in [0, 0.1) is 0 Å². The van der Waals surface area contributed by atoms with E-state index in [1.165, 1.54) is 21.3 Å². The maximum Gasteiger partial charge on any atom is 0.271 e. The lowest BCUT2D eigenvalue weighted by atomic mass is 10.1. The number of aromatic nitrogens is 2. The Morgan fingerprint density at radius 2 is 1.56 bits per heavy atom. The summed E-state index contributed by atoms with van der Waals surface area (Å²) in [6.45, 7) is 0. The zero-order valence-electron chi connectivity index (χ0n) is 20.4. The summed E-state index contributed by atoms with van der Waals surface area (Å²) in [5.41, 5.74) is 6.05. The van der Waals surface area contributed by atoms with Gasteiger partial charge in [-0.3, -0.25) is 4.79 Å². The van der Waals surface area contributed by atoms with Crippen LogP contribution in [0.15, 0.2) is 78.0 Å². The molecule has 9 heteroatoms. The van der Waals surface area contributed by atoms with Gasteiger partial charge in [0.25, 0.3) is 5.91 Å². The lowest BCUT2D eigenvalue weighted by Gasteiger charge is -2.13. The fourth-order valence-corrected chi connectivity index (χ4v) is 3.61. The third kappa shape index (κ3) is 5.15. The van der Waals surface area contributed by atoms with E-state index >= 15 is 0 Å². The zero-order chi connectivity index (χ0) is 25.5. The molecule has 0 aliphatic carbocycles. The number of benzene rings is 3. The van der Waals surface area contributed by atoms with Crippen molar-refractivity contribution in [3.8, 4) is 39.9 Å². The Labute approximate surface area is 208 Å². The van der Waals surface area contributed by atoms with E-state index in [9.17, 15) is 4.79 Å². The van der Waals surface area contributed by atoms with E-state index in [0.717, 1.165) is 17.0 Å². The smallest absolute Gasteiger partial charge is 0.271 e. The van der Waals surface area contributed by atoms with Gasteiger partial charge < -0.3 is 18.9 Å². The molecule has 4 aromatic rings. The van der Waals surface area contributed by atoms with Gasteiger partial charge in [-0.25, -0.2) is 10.1 Å². The lowest BCUT2D eigenvalue weighted by molar-refractivity contribution is 0.0954. The molecule has 36 heavy (non-hydrogen) atoms. The van der Waals surface area contributed by atoms with Crippen LogP contribution in [0.1, 0.15) is 15.9 Å². The minimum Gasteiger partial charge on any atom is -0.497 e. The highest BCUT2D eigenvalue weighted by Crippen LogP contribution is 2.38. The third-order valence-corrected chi connectivity index (χ3v) is 5.42. The first-order chi connectivity index (χ1) is 17.6. The molecule has 1 amide bonds. The minimum atomic E-state index is -0.438. The lowest BCUT2D eigenvalue weighted by Crippen LogP contribution is -2.18. The van der Waals surface area contributed by atoms with Crippen molar-refractivity contribution in [3.05, 3.63) is 84.1 Å². The molecule has 0 aliphatic heterocycles. The first-order valence-corrected chi connectivity index (χ1v) is 11.0. The summed E-state index contributed by atoms with van der Waals surface area (Å²) >= 11 is 0. The fourth-order valence-electron chi connectivity index (χ4n) is 3.61. The van der Waals surface area contributed by atoms with Crippen molar-refractivity contribution in [2.75, 3.05) is 28.4 Å². The van der Waals surface area contributed by atoms with Crippen molar-refractivity contribution in [1.29, 1.82) is 0 Å². The first-order valence-electron chi connectivity index (χ1n) is 11.0. The molecule has 9 nitrogen and oxygen atoms in total. The van der Waals surface area contributed by atoms with Crippen molar-refractivity contribution < 1.29 is 23.7 Å². The molecular formula is C27H26N4O5. The largest absolute Gasteiger partial charge is 0.497 e. The topological polar surface area (TPSA) is 96.2 Å². The molecule has 1 N–H and O–H groups in total. The number of carbonyl (C=O) groups is 1. The number of hydrazone groups is 1. The molecule has 4 rings (SSSR count). The average molecular weight is 487 g/mol. The highest BCUT2D eigenvalue weighted by molar-refractivity contribution is 5.97. The van der Waals surface area contributed by atoms with Crippen LogP contribution in [0.25, 0.3) is 16.9 Å². The highest BCUT2D eigenvalue weighted by atomic mass is 16.5. The number of carbonyl (C=O) groups excluding carboxylic acids is 1. The van der Waals surface area contributed by atoms with Crippen molar-refractivity contribution in [1.82, 2.24) is 15.2 Å². The minimum absolute atomic E-state index is 0.303. The second-order valence-electron chi connectivity index (χ2n) is 7.55. The maximum absolute atomic E-state index is 12.8. The summed E-state index contributed by atoms with van der Waals surface area (Å²) in [6, 6.07) is 20.4. The molecule has 0 fully saturated rings. The summed E-state index contributed by atoms with van der Waals surface area (Å²) < 4.78 is 23.0. The Morgan fingerprint density at radius 3 is 2.14 bits per heavy atom.